The zero-order valence-corrected chi connectivity index (χ0v) is 19.5. The van der Waals surface area contributed by atoms with Crippen LogP contribution in [0.25, 0.3) is 0 Å². The van der Waals surface area contributed by atoms with Gasteiger partial charge in [0.2, 0.25) is 0 Å². The topological polar surface area (TPSA) is 58.1 Å². The molecule has 150 valence electrons. The van der Waals surface area contributed by atoms with E-state index in [0.717, 1.165) is 31.2 Å². The Kier molecular flexibility index (Phi) is 12.4. The highest BCUT2D eigenvalue weighted by Gasteiger charge is 2.12. The molecule has 26 heavy (non-hydrogen) atoms. The Morgan fingerprint density at radius 3 is 2.19 bits per heavy atom. The van der Waals surface area contributed by atoms with Crippen molar-refractivity contribution in [2.75, 3.05) is 39.7 Å². The molecule has 0 bridgehead atoms. The minimum Gasteiger partial charge on any atom is -0.493 e. The average Bonchev–Trinajstić information content (AvgIpc) is 2.59. The lowest BCUT2D eigenvalue weighted by Crippen LogP contribution is -2.39. The lowest BCUT2D eigenvalue weighted by atomic mass is 10.2. The monoisotopic (exact) mass is 478 g/mol. The highest BCUT2D eigenvalue weighted by molar-refractivity contribution is 14.0. The molecular formula is C19H35IN4O2. The van der Waals surface area contributed by atoms with Gasteiger partial charge in [0.15, 0.2) is 17.5 Å². The van der Waals surface area contributed by atoms with E-state index in [0.29, 0.717) is 23.6 Å². The maximum Gasteiger partial charge on any atom is 0.195 e. The van der Waals surface area contributed by atoms with Gasteiger partial charge in [0.1, 0.15) is 0 Å². The van der Waals surface area contributed by atoms with Crippen molar-refractivity contribution in [2.45, 2.75) is 46.2 Å². The van der Waals surface area contributed by atoms with Gasteiger partial charge in [-0.1, -0.05) is 0 Å². The Balaban J connectivity index is 0.00000625. The van der Waals surface area contributed by atoms with Crippen molar-refractivity contribution in [2.24, 2.45) is 4.99 Å². The van der Waals surface area contributed by atoms with Gasteiger partial charge in [-0.3, -0.25) is 9.89 Å². The fraction of sp³-hybridized carbons (Fsp3) is 0.632. The molecule has 0 amide bonds. The van der Waals surface area contributed by atoms with E-state index >= 15 is 0 Å². The summed E-state index contributed by atoms with van der Waals surface area (Å²) in [4.78, 5) is 6.77. The van der Waals surface area contributed by atoms with E-state index < -0.39 is 0 Å². The third-order valence-corrected chi connectivity index (χ3v) is 4.08. The highest BCUT2D eigenvalue weighted by Crippen LogP contribution is 2.29. The summed E-state index contributed by atoms with van der Waals surface area (Å²) in [6, 6.07) is 6.82. The molecule has 1 rings (SSSR count). The summed E-state index contributed by atoms with van der Waals surface area (Å²) in [6.45, 7) is 10.9. The molecule has 2 N–H and O–H groups in total. The number of nitrogens with one attached hydrogen (secondary N) is 2. The second-order valence-corrected chi connectivity index (χ2v) is 6.47. The highest BCUT2D eigenvalue weighted by atomic mass is 127. The van der Waals surface area contributed by atoms with Crippen LogP contribution in [0.5, 0.6) is 11.5 Å². The summed E-state index contributed by atoms with van der Waals surface area (Å²) in [5.74, 6) is 2.14. The second-order valence-electron chi connectivity index (χ2n) is 6.47. The molecule has 0 aliphatic rings. The SMILES string of the molecule is CN=C(NCCCN(C(C)C)C(C)C)Nc1ccc(OC)c(OC)c1.I. The maximum atomic E-state index is 5.33. The maximum absolute atomic E-state index is 5.33. The van der Waals surface area contributed by atoms with Crippen LogP contribution in [0, 0.1) is 0 Å². The van der Waals surface area contributed by atoms with Crippen molar-refractivity contribution in [3.8, 4) is 11.5 Å². The number of ether oxygens (including phenoxy) is 2. The average molecular weight is 478 g/mol. The van der Waals surface area contributed by atoms with Crippen molar-refractivity contribution < 1.29 is 9.47 Å². The zero-order valence-electron chi connectivity index (χ0n) is 17.1. The minimum atomic E-state index is 0. The molecule has 0 spiro atoms. The van der Waals surface area contributed by atoms with Crippen LogP contribution in [0.15, 0.2) is 23.2 Å². The predicted molar refractivity (Wildman–Crippen MR) is 122 cm³/mol. The summed E-state index contributed by atoms with van der Waals surface area (Å²) >= 11 is 0. The van der Waals surface area contributed by atoms with Gasteiger partial charge in [-0.15, -0.1) is 24.0 Å². The molecule has 0 saturated carbocycles. The fourth-order valence-electron chi connectivity index (χ4n) is 2.81. The van der Waals surface area contributed by atoms with Gasteiger partial charge in [0.05, 0.1) is 14.2 Å². The number of aliphatic imine (C=N–C) groups is 1. The molecule has 0 heterocycles. The molecule has 0 saturated heterocycles. The molecular weight excluding hydrogens is 443 g/mol. The summed E-state index contributed by atoms with van der Waals surface area (Å²) in [5.41, 5.74) is 0.900. The van der Waals surface area contributed by atoms with Crippen LogP contribution in [-0.4, -0.2) is 57.3 Å². The third-order valence-electron chi connectivity index (χ3n) is 4.08. The van der Waals surface area contributed by atoms with E-state index in [2.05, 4.69) is 48.2 Å². The standard InChI is InChI=1S/C19H34N4O2.HI/c1-14(2)23(15(3)4)12-8-11-21-19(20-5)22-16-9-10-17(24-6)18(13-16)25-7;/h9-10,13-15H,8,11-12H2,1-7H3,(H2,20,21,22);1H. The van der Waals surface area contributed by atoms with Crippen molar-refractivity contribution in [3.63, 3.8) is 0 Å². The van der Waals surface area contributed by atoms with Gasteiger partial charge >= 0.3 is 0 Å². The normalized spacial score (nSPS) is 11.5. The van der Waals surface area contributed by atoms with Gasteiger partial charge in [-0.05, 0) is 46.2 Å². The van der Waals surface area contributed by atoms with Gasteiger partial charge in [-0.25, -0.2) is 0 Å². The number of methoxy groups -OCH3 is 2. The molecule has 6 nitrogen and oxygen atoms in total. The van der Waals surface area contributed by atoms with E-state index in [-0.39, 0.29) is 24.0 Å². The molecule has 0 unspecified atom stereocenters. The van der Waals surface area contributed by atoms with Gasteiger partial charge in [0.25, 0.3) is 0 Å². The fourth-order valence-corrected chi connectivity index (χ4v) is 2.81. The van der Waals surface area contributed by atoms with E-state index in [4.69, 9.17) is 9.47 Å². The van der Waals surface area contributed by atoms with Crippen molar-refractivity contribution in [3.05, 3.63) is 18.2 Å². The molecule has 0 aliphatic carbocycles. The number of rotatable bonds is 9. The van der Waals surface area contributed by atoms with Crippen LogP contribution >= 0.6 is 24.0 Å². The number of anilines is 1. The van der Waals surface area contributed by atoms with Crippen LogP contribution in [0.1, 0.15) is 34.1 Å². The molecule has 0 atom stereocenters. The first-order valence-corrected chi connectivity index (χ1v) is 8.88. The van der Waals surface area contributed by atoms with Crippen LogP contribution in [0.2, 0.25) is 0 Å². The number of guanidine groups is 1. The Bertz CT molecular complexity index is 542. The molecule has 0 aliphatic heterocycles. The lowest BCUT2D eigenvalue weighted by Gasteiger charge is -2.30. The molecule has 1 aromatic rings. The van der Waals surface area contributed by atoms with Crippen LogP contribution in [-0.2, 0) is 0 Å². The Labute approximate surface area is 175 Å². The zero-order chi connectivity index (χ0) is 18.8. The Hall–Kier alpha value is -1.22. The summed E-state index contributed by atoms with van der Waals surface area (Å²) in [7, 11) is 5.03. The Morgan fingerprint density at radius 2 is 1.69 bits per heavy atom. The van der Waals surface area contributed by atoms with Crippen molar-refractivity contribution in [1.29, 1.82) is 0 Å². The van der Waals surface area contributed by atoms with Crippen LogP contribution < -0.4 is 20.1 Å². The Morgan fingerprint density at radius 1 is 1.08 bits per heavy atom. The van der Waals surface area contributed by atoms with Crippen molar-refractivity contribution in [1.82, 2.24) is 10.2 Å². The summed E-state index contributed by atoms with van der Waals surface area (Å²) in [6.07, 6.45) is 1.06. The molecule has 0 fully saturated rings. The number of hydrogen-bond donors (Lipinski definition) is 2. The van der Waals surface area contributed by atoms with Gasteiger partial charge in [0, 0.05) is 44.0 Å². The smallest absolute Gasteiger partial charge is 0.195 e. The summed E-state index contributed by atoms with van der Waals surface area (Å²) < 4.78 is 10.6. The second kappa shape index (κ2) is 13.0. The number of benzene rings is 1. The minimum absolute atomic E-state index is 0. The van der Waals surface area contributed by atoms with E-state index in [9.17, 15) is 0 Å². The van der Waals surface area contributed by atoms with Crippen LogP contribution in [0.3, 0.4) is 0 Å². The molecule has 1 aromatic carbocycles. The van der Waals surface area contributed by atoms with Gasteiger partial charge < -0.3 is 20.1 Å². The lowest BCUT2D eigenvalue weighted by molar-refractivity contribution is 0.173. The quantitative estimate of drug-likeness (QED) is 0.245. The third kappa shape index (κ3) is 7.99. The number of halogens is 1. The van der Waals surface area contributed by atoms with Crippen molar-refractivity contribution >= 4 is 35.6 Å². The molecule has 0 aromatic heterocycles. The number of nitrogens with zero attached hydrogens (tertiary/aromatic N) is 2. The number of hydrogen-bond acceptors (Lipinski definition) is 4. The molecule has 7 heteroatoms. The van der Waals surface area contributed by atoms with E-state index in [1.165, 1.54) is 0 Å². The first kappa shape index (κ1) is 24.8. The van der Waals surface area contributed by atoms with E-state index in [1.807, 2.05) is 18.2 Å². The largest absolute Gasteiger partial charge is 0.493 e. The van der Waals surface area contributed by atoms with Crippen LogP contribution in [0.4, 0.5) is 5.69 Å². The molecule has 0 radical (unpaired) electrons. The first-order valence-electron chi connectivity index (χ1n) is 8.88. The summed E-state index contributed by atoms with van der Waals surface area (Å²) in [5, 5.41) is 6.64. The van der Waals surface area contributed by atoms with Gasteiger partial charge in [-0.2, -0.15) is 0 Å². The predicted octanol–water partition coefficient (Wildman–Crippen LogP) is 3.82. The van der Waals surface area contributed by atoms with E-state index in [1.54, 1.807) is 21.3 Å². The first-order chi connectivity index (χ1) is 11.9.